The van der Waals surface area contributed by atoms with Crippen LogP contribution in [0.4, 0.5) is 0 Å². The fraction of sp³-hybridized carbons (Fsp3) is 0.545. The Morgan fingerprint density at radius 1 is 1.04 bits per heavy atom. The minimum absolute atomic E-state index is 0.0407. The molecule has 0 aliphatic heterocycles. The van der Waals surface area contributed by atoms with Crippen molar-refractivity contribution in [3.8, 4) is 5.75 Å². The van der Waals surface area contributed by atoms with Gasteiger partial charge in [-0.2, -0.15) is 0 Å². The van der Waals surface area contributed by atoms with Gasteiger partial charge < -0.3 is 13.9 Å². The summed E-state index contributed by atoms with van der Waals surface area (Å²) in [6, 6.07) is 12.4. The van der Waals surface area contributed by atoms with Gasteiger partial charge in [0.15, 0.2) is 9.04 Å². The lowest BCUT2D eigenvalue weighted by Gasteiger charge is -2.33. The zero-order valence-electron chi connectivity index (χ0n) is 17.7. The number of hydrogen-bond donors (Lipinski definition) is 0. The van der Waals surface area contributed by atoms with Crippen molar-refractivity contribution < 1.29 is 13.9 Å². The molecule has 1 unspecified atom stereocenters. The Labute approximate surface area is 170 Å². The SMILES string of the molecule is C[SiH](C)OC(c1cccc(OCC(C)(C)OCc2cccs2)c1)C(C)(C)C. The molecule has 2 rings (SSSR count). The van der Waals surface area contributed by atoms with Crippen LogP contribution in [0, 0.1) is 5.41 Å². The standard InChI is InChI=1S/C22H34O3SSi/c1-21(2,3)20(25-27(6)7)17-10-8-11-18(14-17)23-16-22(4,5)24-15-19-12-9-13-26-19/h8-14,20,27H,15-16H2,1-7H3. The van der Waals surface area contributed by atoms with E-state index in [0.29, 0.717) is 13.2 Å². The highest BCUT2D eigenvalue weighted by atomic mass is 32.1. The van der Waals surface area contributed by atoms with Crippen LogP contribution in [0.5, 0.6) is 5.75 Å². The maximum atomic E-state index is 6.34. The Kier molecular flexibility index (Phi) is 7.69. The summed E-state index contributed by atoms with van der Waals surface area (Å²) in [6.45, 7) is 16.4. The fourth-order valence-corrected chi connectivity index (χ4v) is 4.51. The lowest BCUT2D eigenvalue weighted by atomic mass is 9.85. The minimum atomic E-state index is -1.15. The van der Waals surface area contributed by atoms with Crippen LogP contribution in [0.25, 0.3) is 0 Å². The van der Waals surface area contributed by atoms with Crippen molar-refractivity contribution in [2.45, 2.75) is 66.0 Å². The molecule has 0 fully saturated rings. The zero-order chi connectivity index (χ0) is 20.1. The van der Waals surface area contributed by atoms with E-state index in [-0.39, 0.29) is 17.1 Å². The molecular weight excluding hydrogens is 372 g/mol. The van der Waals surface area contributed by atoms with E-state index in [1.807, 2.05) is 18.2 Å². The molecule has 0 N–H and O–H groups in total. The van der Waals surface area contributed by atoms with E-state index in [4.69, 9.17) is 13.9 Å². The number of ether oxygens (including phenoxy) is 2. The molecule has 0 aliphatic rings. The van der Waals surface area contributed by atoms with Crippen molar-refractivity contribution >= 4 is 20.4 Å². The van der Waals surface area contributed by atoms with E-state index in [9.17, 15) is 0 Å². The number of rotatable bonds is 9. The summed E-state index contributed by atoms with van der Waals surface area (Å²) in [6.07, 6.45) is 0.0794. The van der Waals surface area contributed by atoms with E-state index in [1.54, 1.807) is 11.3 Å². The Morgan fingerprint density at radius 2 is 1.78 bits per heavy atom. The van der Waals surface area contributed by atoms with E-state index in [1.165, 1.54) is 10.4 Å². The van der Waals surface area contributed by atoms with E-state index >= 15 is 0 Å². The Bertz CT molecular complexity index is 690. The largest absolute Gasteiger partial charge is 0.491 e. The molecule has 0 radical (unpaired) electrons. The van der Waals surface area contributed by atoms with Crippen molar-refractivity contribution in [3.63, 3.8) is 0 Å². The molecule has 0 amide bonds. The number of benzene rings is 1. The van der Waals surface area contributed by atoms with Gasteiger partial charge in [-0.25, -0.2) is 0 Å². The average Bonchev–Trinajstić information content (AvgIpc) is 3.09. The van der Waals surface area contributed by atoms with Gasteiger partial charge in [0.1, 0.15) is 12.4 Å². The minimum Gasteiger partial charge on any atom is -0.491 e. The summed E-state index contributed by atoms with van der Waals surface area (Å²) < 4.78 is 18.5. The van der Waals surface area contributed by atoms with Crippen LogP contribution in [0.15, 0.2) is 41.8 Å². The van der Waals surface area contributed by atoms with Gasteiger partial charge in [-0.1, -0.05) is 39.0 Å². The first-order chi connectivity index (χ1) is 12.6. The quantitative estimate of drug-likeness (QED) is 0.463. The predicted octanol–water partition coefficient (Wildman–Crippen LogP) is 6.21. The fourth-order valence-electron chi connectivity index (χ4n) is 2.78. The molecule has 0 saturated carbocycles. The van der Waals surface area contributed by atoms with Gasteiger partial charge in [0.05, 0.1) is 18.3 Å². The maximum absolute atomic E-state index is 6.34. The molecule has 0 bridgehead atoms. The molecule has 150 valence electrons. The van der Waals surface area contributed by atoms with Crippen molar-refractivity contribution in [1.82, 2.24) is 0 Å². The first kappa shape index (κ1) is 22.1. The van der Waals surface area contributed by atoms with Crippen molar-refractivity contribution in [2.75, 3.05) is 6.61 Å². The molecule has 1 heterocycles. The van der Waals surface area contributed by atoms with Crippen LogP contribution in [0.1, 0.15) is 51.2 Å². The highest BCUT2D eigenvalue weighted by Gasteiger charge is 2.28. The monoisotopic (exact) mass is 406 g/mol. The number of hydrogen-bond acceptors (Lipinski definition) is 4. The molecule has 1 aromatic carbocycles. The van der Waals surface area contributed by atoms with Gasteiger partial charge in [0.25, 0.3) is 0 Å². The molecular formula is C22H34O3SSi. The maximum Gasteiger partial charge on any atom is 0.171 e. The van der Waals surface area contributed by atoms with Crippen LogP contribution >= 0.6 is 11.3 Å². The number of thiophene rings is 1. The molecule has 0 saturated heterocycles. The van der Waals surface area contributed by atoms with Crippen LogP contribution in [0.3, 0.4) is 0 Å². The van der Waals surface area contributed by atoms with Gasteiger partial charge >= 0.3 is 0 Å². The lowest BCUT2D eigenvalue weighted by Crippen LogP contribution is -2.32. The molecule has 1 aromatic heterocycles. The van der Waals surface area contributed by atoms with Crippen molar-refractivity contribution in [3.05, 3.63) is 52.2 Å². The molecule has 3 nitrogen and oxygen atoms in total. The lowest BCUT2D eigenvalue weighted by molar-refractivity contribution is -0.0560. The highest BCUT2D eigenvalue weighted by molar-refractivity contribution is 7.09. The molecule has 27 heavy (non-hydrogen) atoms. The van der Waals surface area contributed by atoms with E-state index in [2.05, 4.69) is 71.3 Å². The zero-order valence-corrected chi connectivity index (χ0v) is 19.7. The van der Waals surface area contributed by atoms with Gasteiger partial charge in [-0.05, 0) is 61.5 Å². The topological polar surface area (TPSA) is 27.7 Å². The van der Waals surface area contributed by atoms with Crippen LogP contribution in [0.2, 0.25) is 13.1 Å². The predicted molar refractivity (Wildman–Crippen MR) is 117 cm³/mol. The van der Waals surface area contributed by atoms with Gasteiger partial charge in [-0.3, -0.25) is 0 Å². The Balaban J connectivity index is 2.01. The first-order valence-electron chi connectivity index (χ1n) is 9.61. The molecule has 0 aliphatic carbocycles. The van der Waals surface area contributed by atoms with Crippen LogP contribution < -0.4 is 4.74 Å². The third-order valence-electron chi connectivity index (χ3n) is 4.13. The van der Waals surface area contributed by atoms with Gasteiger partial charge in [0.2, 0.25) is 0 Å². The third-order valence-corrected chi connectivity index (χ3v) is 5.79. The average molecular weight is 407 g/mol. The normalized spacial score (nSPS) is 13.8. The van der Waals surface area contributed by atoms with Crippen LogP contribution in [-0.2, 0) is 15.8 Å². The smallest absolute Gasteiger partial charge is 0.171 e. The Hall–Kier alpha value is -1.14. The molecule has 1 atom stereocenters. The second-order valence-electron chi connectivity index (χ2n) is 8.92. The molecule has 2 aromatic rings. The Morgan fingerprint density at radius 3 is 2.37 bits per heavy atom. The summed E-state index contributed by atoms with van der Waals surface area (Å²) in [5.41, 5.74) is 0.863. The summed E-state index contributed by atoms with van der Waals surface area (Å²) >= 11 is 1.71. The first-order valence-corrected chi connectivity index (χ1v) is 13.3. The summed E-state index contributed by atoms with van der Waals surface area (Å²) in [5.74, 6) is 0.864. The molecule has 5 heteroatoms. The van der Waals surface area contributed by atoms with Crippen LogP contribution in [-0.4, -0.2) is 21.2 Å². The summed E-state index contributed by atoms with van der Waals surface area (Å²) in [7, 11) is -1.15. The van der Waals surface area contributed by atoms with Gasteiger partial charge in [-0.15, -0.1) is 11.3 Å². The van der Waals surface area contributed by atoms with E-state index < -0.39 is 9.04 Å². The second kappa shape index (κ2) is 9.37. The van der Waals surface area contributed by atoms with Crippen molar-refractivity contribution in [2.24, 2.45) is 5.41 Å². The summed E-state index contributed by atoms with van der Waals surface area (Å²) in [4.78, 5) is 1.23. The van der Waals surface area contributed by atoms with E-state index in [0.717, 1.165) is 5.75 Å². The highest BCUT2D eigenvalue weighted by Crippen LogP contribution is 2.37. The van der Waals surface area contributed by atoms with Crippen molar-refractivity contribution in [1.29, 1.82) is 0 Å². The van der Waals surface area contributed by atoms with Gasteiger partial charge in [0, 0.05) is 4.88 Å². The molecule has 0 spiro atoms. The second-order valence-corrected chi connectivity index (χ2v) is 12.3. The summed E-state index contributed by atoms with van der Waals surface area (Å²) in [5, 5.41) is 2.07. The third kappa shape index (κ3) is 7.41.